The van der Waals surface area contributed by atoms with Crippen LogP contribution in [0, 0.1) is 0 Å². The molecule has 1 aliphatic rings. The molecule has 0 saturated heterocycles. The quantitative estimate of drug-likeness (QED) is 0.360. The van der Waals surface area contributed by atoms with Crippen molar-refractivity contribution in [2.75, 3.05) is 13.3 Å². The van der Waals surface area contributed by atoms with Crippen LogP contribution >= 0.6 is 35.7 Å². The van der Waals surface area contributed by atoms with Crippen LogP contribution < -0.4 is 10.6 Å². The highest BCUT2D eigenvalue weighted by atomic mass is 127. The number of benzene rings is 1. The van der Waals surface area contributed by atoms with Crippen LogP contribution in [0.1, 0.15) is 37.1 Å². The van der Waals surface area contributed by atoms with Crippen LogP contribution in [0.2, 0.25) is 0 Å². The number of aliphatic imine (C=N–C) groups is 1. The largest absolute Gasteiger partial charge is 0.354 e. The standard InChI is InChI=1S/C20H29N5S.HI/c1-21-20(24-17-9-6-10-18(13-17)26-2)23-14-19-22-11-12-25(19)15-16-7-4-3-5-8-16;/h3-5,7-8,11-12,17-18H,6,9-10,13-15H2,1-2H3,(H2,21,23,24);1H. The summed E-state index contributed by atoms with van der Waals surface area (Å²) < 4.78 is 2.18. The zero-order chi connectivity index (χ0) is 18.2. The summed E-state index contributed by atoms with van der Waals surface area (Å²) in [6, 6.07) is 11.0. The number of thioether (sulfide) groups is 1. The number of rotatable bonds is 6. The Kier molecular flexibility index (Phi) is 9.47. The Hall–Kier alpha value is -1.22. The second kappa shape index (κ2) is 11.6. The van der Waals surface area contributed by atoms with Crippen LogP contribution in [0.15, 0.2) is 47.7 Å². The van der Waals surface area contributed by atoms with Gasteiger partial charge in [-0.3, -0.25) is 4.99 Å². The van der Waals surface area contributed by atoms with Crippen LogP contribution in [0.4, 0.5) is 0 Å². The van der Waals surface area contributed by atoms with E-state index in [4.69, 9.17) is 0 Å². The molecule has 5 nitrogen and oxygen atoms in total. The number of imidazole rings is 1. The molecule has 7 heteroatoms. The molecule has 2 atom stereocenters. The number of nitrogens with one attached hydrogen (secondary N) is 2. The van der Waals surface area contributed by atoms with Gasteiger partial charge in [0.2, 0.25) is 0 Å². The molecule has 1 aromatic heterocycles. The summed E-state index contributed by atoms with van der Waals surface area (Å²) in [5, 5.41) is 7.78. The third-order valence-electron chi connectivity index (χ3n) is 4.94. The van der Waals surface area contributed by atoms with Crippen molar-refractivity contribution in [1.29, 1.82) is 0 Å². The average molecular weight is 499 g/mol. The van der Waals surface area contributed by atoms with E-state index in [1.54, 1.807) is 0 Å². The normalized spacial score (nSPS) is 20.0. The minimum Gasteiger partial charge on any atom is -0.354 e. The first-order valence-corrected chi connectivity index (χ1v) is 10.6. The zero-order valence-electron chi connectivity index (χ0n) is 16.1. The number of hydrogen-bond acceptors (Lipinski definition) is 3. The lowest BCUT2D eigenvalue weighted by atomic mass is 9.95. The number of aromatic nitrogens is 2. The maximum Gasteiger partial charge on any atom is 0.191 e. The summed E-state index contributed by atoms with van der Waals surface area (Å²) in [6.45, 7) is 1.50. The average Bonchev–Trinajstić information content (AvgIpc) is 3.13. The molecule has 148 valence electrons. The number of hydrogen-bond donors (Lipinski definition) is 2. The third kappa shape index (κ3) is 6.71. The summed E-state index contributed by atoms with van der Waals surface area (Å²) in [5.41, 5.74) is 1.28. The minimum absolute atomic E-state index is 0. The number of halogens is 1. The highest BCUT2D eigenvalue weighted by molar-refractivity contribution is 14.0. The Balaban J connectivity index is 0.00000261. The van der Waals surface area contributed by atoms with Crippen LogP contribution in [0.25, 0.3) is 0 Å². The van der Waals surface area contributed by atoms with Gasteiger partial charge in [-0.25, -0.2) is 4.98 Å². The molecule has 2 N–H and O–H groups in total. The van der Waals surface area contributed by atoms with Gasteiger partial charge < -0.3 is 15.2 Å². The molecule has 0 spiro atoms. The van der Waals surface area contributed by atoms with E-state index in [1.807, 2.05) is 37.3 Å². The van der Waals surface area contributed by atoms with E-state index in [2.05, 4.69) is 55.7 Å². The fourth-order valence-corrected chi connectivity index (χ4v) is 4.30. The van der Waals surface area contributed by atoms with Crippen LogP contribution in [-0.2, 0) is 13.1 Å². The van der Waals surface area contributed by atoms with Crippen LogP contribution in [0.5, 0.6) is 0 Å². The Morgan fingerprint density at radius 3 is 2.85 bits per heavy atom. The van der Waals surface area contributed by atoms with Crippen molar-refractivity contribution in [2.45, 2.75) is 50.1 Å². The molecule has 1 saturated carbocycles. The Labute approximate surface area is 183 Å². The first kappa shape index (κ1) is 22.1. The van der Waals surface area contributed by atoms with Gasteiger partial charge in [-0.2, -0.15) is 11.8 Å². The first-order valence-electron chi connectivity index (χ1n) is 9.32. The van der Waals surface area contributed by atoms with Gasteiger partial charge >= 0.3 is 0 Å². The van der Waals surface area contributed by atoms with E-state index >= 15 is 0 Å². The molecule has 1 aliphatic carbocycles. The minimum atomic E-state index is 0. The summed E-state index contributed by atoms with van der Waals surface area (Å²) >= 11 is 1.98. The Morgan fingerprint density at radius 1 is 1.30 bits per heavy atom. The topological polar surface area (TPSA) is 54.2 Å². The molecular weight excluding hydrogens is 469 g/mol. The lowest BCUT2D eigenvalue weighted by molar-refractivity contribution is 0.419. The molecular formula is C20H30IN5S. The van der Waals surface area contributed by atoms with Gasteiger partial charge in [0.05, 0.1) is 6.54 Å². The van der Waals surface area contributed by atoms with Crippen molar-refractivity contribution >= 4 is 41.7 Å². The molecule has 0 aliphatic heterocycles. The molecule has 0 radical (unpaired) electrons. The first-order chi connectivity index (χ1) is 12.8. The van der Waals surface area contributed by atoms with Crippen molar-refractivity contribution in [1.82, 2.24) is 20.2 Å². The van der Waals surface area contributed by atoms with Crippen molar-refractivity contribution in [3.05, 3.63) is 54.1 Å². The molecule has 0 bridgehead atoms. The zero-order valence-corrected chi connectivity index (χ0v) is 19.2. The van der Waals surface area contributed by atoms with Crippen molar-refractivity contribution in [3.8, 4) is 0 Å². The van der Waals surface area contributed by atoms with Gasteiger partial charge in [-0.05, 0) is 31.1 Å². The van der Waals surface area contributed by atoms with Gasteiger partial charge in [0, 0.05) is 37.3 Å². The fourth-order valence-electron chi connectivity index (χ4n) is 3.47. The molecule has 1 aromatic carbocycles. The third-order valence-corrected chi connectivity index (χ3v) is 6.03. The predicted octanol–water partition coefficient (Wildman–Crippen LogP) is 3.89. The van der Waals surface area contributed by atoms with Gasteiger partial charge in [0.25, 0.3) is 0 Å². The molecule has 2 unspecified atom stereocenters. The van der Waals surface area contributed by atoms with Gasteiger partial charge in [-0.15, -0.1) is 24.0 Å². The monoisotopic (exact) mass is 499 g/mol. The number of guanidine groups is 1. The lowest BCUT2D eigenvalue weighted by Gasteiger charge is -2.29. The summed E-state index contributed by atoms with van der Waals surface area (Å²) in [5.74, 6) is 1.88. The number of nitrogens with zero attached hydrogens (tertiary/aromatic N) is 3. The van der Waals surface area contributed by atoms with Crippen molar-refractivity contribution < 1.29 is 0 Å². The molecule has 1 heterocycles. The molecule has 27 heavy (non-hydrogen) atoms. The second-order valence-corrected chi connectivity index (χ2v) is 7.89. The van der Waals surface area contributed by atoms with Gasteiger partial charge in [-0.1, -0.05) is 36.8 Å². The lowest BCUT2D eigenvalue weighted by Crippen LogP contribution is -2.45. The van der Waals surface area contributed by atoms with E-state index in [0.29, 0.717) is 12.6 Å². The molecule has 2 aromatic rings. The summed E-state index contributed by atoms with van der Waals surface area (Å²) in [7, 11) is 1.83. The second-order valence-electron chi connectivity index (χ2n) is 6.75. The smallest absolute Gasteiger partial charge is 0.191 e. The van der Waals surface area contributed by atoms with Crippen molar-refractivity contribution in [2.24, 2.45) is 4.99 Å². The maximum atomic E-state index is 4.51. The highest BCUT2D eigenvalue weighted by Gasteiger charge is 2.21. The summed E-state index contributed by atoms with van der Waals surface area (Å²) in [6.07, 6.45) is 11.2. The van der Waals surface area contributed by atoms with E-state index in [1.165, 1.54) is 31.2 Å². The fraction of sp³-hybridized carbons (Fsp3) is 0.500. The van der Waals surface area contributed by atoms with Gasteiger partial charge in [0.15, 0.2) is 5.96 Å². The Bertz CT molecular complexity index is 703. The SMILES string of the molecule is CN=C(NCc1nccn1Cc1ccccc1)NC1CCCC(SC)C1.I. The van der Waals surface area contributed by atoms with Crippen molar-refractivity contribution in [3.63, 3.8) is 0 Å². The van der Waals surface area contributed by atoms with Gasteiger partial charge in [0.1, 0.15) is 5.82 Å². The Morgan fingerprint density at radius 2 is 2.11 bits per heavy atom. The predicted molar refractivity (Wildman–Crippen MR) is 126 cm³/mol. The highest BCUT2D eigenvalue weighted by Crippen LogP contribution is 2.26. The van der Waals surface area contributed by atoms with Crippen LogP contribution in [0.3, 0.4) is 0 Å². The molecule has 0 amide bonds. The maximum absolute atomic E-state index is 4.51. The van der Waals surface area contributed by atoms with E-state index in [-0.39, 0.29) is 24.0 Å². The summed E-state index contributed by atoms with van der Waals surface area (Å²) in [4.78, 5) is 8.90. The van der Waals surface area contributed by atoms with E-state index < -0.39 is 0 Å². The molecule has 3 rings (SSSR count). The van der Waals surface area contributed by atoms with E-state index in [9.17, 15) is 0 Å². The molecule has 1 fully saturated rings. The van der Waals surface area contributed by atoms with E-state index in [0.717, 1.165) is 23.6 Å². The van der Waals surface area contributed by atoms with Crippen LogP contribution in [-0.4, -0.2) is 40.1 Å².